The number of anilines is 1. The molecule has 3 aromatic carbocycles. The minimum atomic E-state index is -0.737. The number of rotatable bonds is 9. The molecule has 1 unspecified atom stereocenters. The van der Waals surface area contributed by atoms with Gasteiger partial charge in [-0.25, -0.2) is 0 Å². The summed E-state index contributed by atoms with van der Waals surface area (Å²) in [5, 5.41) is 3.70. The Balaban J connectivity index is 1.49. The second-order valence-electron chi connectivity index (χ2n) is 6.79. The van der Waals surface area contributed by atoms with Gasteiger partial charge in [-0.3, -0.25) is 4.79 Å². The first-order chi connectivity index (χ1) is 14.5. The average Bonchev–Trinajstić information content (AvgIpc) is 2.74. The Morgan fingerprint density at radius 1 is 1.00 bits per heavy atom. The van der Waals surface area contributed by atoms with E-state index in [9.17, 15) is 4.79 Å². The van der Waals surface area contributed by atoms with Gasteiger partial charge in [0.25, 0.3) is 5.91 Å². The van der Waals surface area contributed by atoms with E-state index in [4.69, 9.17) is 32.7 Å². The summed E-state index contributed by atoms with van der Waals surface area (Å²) in [6.45, 7) is 2.26. The number of hydrogen-bond acceptors (Lipinski definition) is 3. The van der Waals surface area contributed by atoms with Gasteiger partial charge in [0.05, 0.1) is 11.6 Å². The van der Waals surface area contributed by atoms with Crippen LogP contribution in [0.25, 0.3) is 0 Å². The molecular formula is C24H23Cl2NO3. The van der Waals surface area contributed by atoms with Gasteiger partial charge >= 0.3 is 0 Å². The third kappa shape index (κ3) is 6.68. The third-order valence-electron chi connectivity index (χ3n) is 4.39. The molecule has 1 amide bonds. The summed E-state index contributed by atoms with van der Waals surface area (Å²) in [5.74, 6) is 0.816. The van der Waals surface area contributed by atoms with Gasteiger partial charge in [-0.05, 0) is 55.7 Å². The maximum absolute atomic E-state index is 12.5. The predicted octanol–water partition coefficient (Wildman–Crippen LogP) is 6.41. The van der Waals surface area contributed by atoms with Gasteiger partial charge in [-0.2, -0.15) is 0 Å². The van der Waals surface area contributed by atoms with Crippen molar-refractivity contribution in [3.05, 3.63) is 88.4 Å². The van der Waals surface area contributed by atoms with Crippen LogP contribution in [0.5, 0.6) is 11.5 Å². The number of benzene rings is 3. The van der Waals surface area contributed by atoms with Crippen LogP contribution >= 0.6 is 23.2 Å². The van der Waals surface area contributed by atoms with E-state index >= 15 is 0 Å². The zero-order valence-electron chi connectivity index (χ0n) is 16.6. The predicted molar refractivity (Wildman–Crippen MR) is 122 cm³/mol. The molecule has 0 aromatic heterocycles. The van der Waals surface area contributed by atoms with Crippen LogP contribution in [0.4, 0.5) is 5.69 Å². The summed E-state index contributed by atoms with van der Waals surface area (Å²) < 4.78 is 11.5. The Hall–Kier alpha value is -2.69. The lowest BCUT2D eigenvalue weighted by molar-refractivity contribution is -0.122. The molecule has 6 heteroatoms. The summed E-state index contributed by atoms with van der Waals surface area (Å²) in [6, 6.07) is 22.5. The number of carbonyl (C=O) groups excluding carboxylic acids is 1. The summed E-state index contributed by atoms with van der Waals surface area (Å²) in [7, 11) is 0. The zero-order chi connectivity index (χ0) is 21.3. The lowest BCUT2D eigenvalue weighted by atomic mass is 10.1. The van der Waals surface area contributed by atoms with E-state index in [0.29, 0.717) is 33.8 Å². The van der Waals surface area contributed by atoms with Gasteiger partial charge in [-0.1, -0.05) is 59.6 Å². The minimum absolute atomic E-state index is 0.290. The normalized spacial score (nSPS) is 11.6. The molecule has 0 aliphatic carbocycles. The molecule has 3 aromatic rings. The van der Waals surface area contributed by atoms with Crippen molar-refractivity contribution in [3.8, 4) is 11.5 Å². The standard InChI is InChI=1S/C24H23Cl2NO3/c1-17(30-23-13-12-19(25)15-22(23)26)24(28)27-20-10-5-11-21(16-20)29-14-6-9-18-7-3-2-4-8-18/h2-5,7-8,10-13,15-17H,6,9,14H2,1H3,(H,27,28). The van der Waals surface area contributed by atoms with E-state index in [1.165, 1.54) is 5.56 Å². The number of nitrogens with one attached hydrogen (secondary N) is 1. The average molecular weight is 444 g/mol. The first-order valence-corrected chi connectivity index (χ1v) is 10.5. The van der Waals surface area contributed by atoms with Gasteiger partial charge < -0.3 is 14.8 Å². The number of aryl methyl sites for hydroxylation is 1. The van der Waals surface area contributed by atoms with Gasteiger partial charge in [-0.15, -0.1) is 0 Å². The SMILES string of the molecule is CC(Oc1ccc(Cl)cc1Cl)C(=O)Nc1cccc(OCCCc2ccccc2)c1. The molecule has 0 bridgehead atoms. The highest BCUT2D eigenvalue weighted by atomic mass is 35.5. The Kier molecular flexibility index (Phi) is 8.00. The number of hydrogen-bond donors (Lipinski definition) is 1. The topological polar surface area (TPSA) is 47.6 Å². The van der Waals surface area contributed by atoms with Crippen molar-refractivity contribution >= 4 is 34.8 Å². The number of amides is 1. The van der Waals surface area contributed by atoms with Crippen molar-refractivity contribution in [1.29, 1.82) is 0 Å². The van der Waals surface area contributed by atoms with Gasteiger partial charge in [0.1, 0.15) is 11.5 Å². The van der Waals surface area contributed by atoms with Crippen LogP contribution in [-0.4, -0.2) is 18.6 Å². The van der Waals surface area contributed by atoms with E-state index in [0.717, 1.165) is 12.8 Å². The van der Waals surface area contributed by atoms with Crippen LogP contribution in [0.1, 0.15) is 18.9 Å². The third-order valence-corrected chi connectivity index (χ3v) is 4.92. The highest BCUT2D eigenvalue weighted by Crippen LogP contribution is 2.28. The second-order valence-corrected chi connectivity index (χ2v) is 7.63. The number of halogens is 2. The van der Waals surface area contributed by atoms with Crippen LogP contribution in [0.15, 0.2) is 72.8 Å². The zero-order valence-corrected chi connectivity index (χ0v) is 18.1. The molecule has 0 saturated carbocycles. The fraction of sp³-hybridized carbons (Fsp3) is 0.208. The van der Waals surface area contributed by atoms with E-state index < -0.39 is 6.10 Å². The van der Waals surface area contributed by atoms with Crippen molar-refractivity contribution in [1.82, 2.24) is 0 Å². The molecule has 1 N–H and O–H groups in total. The number of ether oxygens (including phenoxy) is 2. The quantitative estimate of drug-likeness (QED) is 0.388. The molecular weight excluding hydrogens is 421 g/mol. The van der Waals surface area contributed by atoms with Crippen molar-refractivity contribution in [2.24, 2.45) is 0 Å². The summed E-state index contributed by atoms with van der Waals surface area (Å²) in [6.07, 6.45) is 1.13. The Morgan fingerprint density at radius 3 is 2.57 bits per heavy atom. The lowest BCUT2D eigenvalue weighted by Crippen LogP contribution is -2.30. The highest BCUT2D eigenvalue weighted by molar-refractivity contribution is 6.35. The second kappa shape index (κ2) is 10.9. The highest BCUT2D eigenvalue weighted by Gasteiger charge is 2.16. The van der Waals surface area contributed by atoms with Crippen LogP contribution in [-0.2, 0) is 11.2 Å². The van der Waals surface area contributed by atoms with Crippen molar-refractivity contribution in [2.75, 3.05) is 11.9 Å². The molecule has 156 valence electrons. The smallest absolute Gasteiger partial charge is 0.265 e. The molecule has 0 fully saturated rings. The Morgan fingerprint density at radius 2 is 1.80 bits per heavy atom. The maximum atomic E-state index is 12.5. The molecule has 0 aliphatic heterocycles. The monoisotopic (exact) mass is 443 g/mol. The number of carbonyl (C=O) groups is 1. The fourth-order valence-corrected chi connectivity index (χ4v) is 3.29. The van der Waals surface area contributed by atoms with Crippen LogP contribution in [0.2, 0.25) is 10.0 Å². The first-order valence-electron chi connectivity index (χ1n) is 9.70. The molecule has 0 heterocycles. The maximum Gasteiger partial charge on any atom is 0.265 e. The van der Waals surface area contributed by atoms with Crippen LogP contribution < -0.4 is 14.8 Å². The minimum Gasteiger partial charge on any atom is -0.494 e. The van der Waals surface area contributed by atoms with E-state index in [2.05, 4.69) is 17.4 Å². The summed E-state index contributed by atoms with van der Waals surface area (Å²) in [4.78, 5) is 12.5. The van der Waals surface area contributed by atoms with E-state index in [1.54, 1.807) is 37.3 Å². The molecule has 0 aliphatic rings. The largest absolute Gasteiger partial charge is 0.494 e. The van der Waals surface area contributed by atoms with Crippen molar-refractivity contribution in [2.45, 2.75) is 25.9 Å². The Labute approximate surface area is 186 Å². The molecule has 0 spiro atoms. The van der Waals surface area contributed by atoms with Gasteiger partial charge in [0.2, 0.25) is 0 Å². The lowest BCUT2D eigenvalue weighted by Gasteiger charge is -2.16. The fourth-order valence-electron chi connectivity index (χ4n) is 2.83. The Bertz CT molecular complexity index is 979. The molecule has 1 atom stereocenters. The summed E-state index contributed by atoms with van der Waals surface area (Å²) in [5.41, 5.74) is 1.93. The van der Waals surface area contributed by atoms with Crippen molar-refractivity contribution < 1.29 is 14.3 Å². The van der Waals surface area contributed by atoms with Gasteiger partial charge in [0.15, 0.2) is 6.10 Å². The van der Waals surface area contributed by atoms with E-state index in [1.807, 2.05) is 30.3 Å². The van der Waals surface area contributed by atoms with Crippen LogP contribution in [0, 0.1) is 0 Å². The molecule has 30 heavy (non-hydrogen) atoms. The molecule has 3 rings (SSSR count). The molecule has 4 nitrogen and oxygen atoms in total. The molecule has 0 radical (unpaired) electrons. The summed E-state index contributed by atoms with van der Waals surface area (Å²) >= 11 is 12.0. The van der Waals surface area contributed by atoms with Crippen LogP contribution in [0.3, 0.4) is 0 Å². The first kappa shape index (κ1) is 22.0. The van der Waals surface area contributed by atoms with Gasteiger partial charge in [0, 0.05) is 16.8 Å². The molecule has 0 saturated heterocycles. The van der Waals surface area contributed by atoms with Crippen molar-refractivity contribution in [3.63, 3.8) is 0 Å². The van der Waals surface area contributed by atoms with E-state index in [-0.39, 0.29) is 5.91 Å².